The molecule has 0 unspecified atom stereocenters. The molecule has 7 nitrogen and oxygen atoms in total. The van der Waals surface area contributed by atoms with Crippen LogP contribution in [0.25, 0.3) is 12.2 Å². The third-order valence-electron chi connectivity index (χ3n) is 4.59. The van der Waals surface area contributed by atoms with Crippen LogP contribution in [-0.2, 0) is 18.8 Å². The molecule has 0 saturated carbocycles. The molecule has 3 N–H and O–H groups in total. The van der Waals surface area contributed by atoms with E-state index in [2.05, 4.69) is 10.2 Å². The summed E-state index contributed by atoms with van der Waals surface area (Å²) < 4.78 is 9.15. The van der Waals surface area contributed by atoms with Gasteiger partial charge < -0.3 is 24.9 Å². The molecular formula is C19H27N5O2. The number of amides is 1. The zero-order valence-electron chi connectivity index (χ0n) is 15.4. The molecule has 0 aromatic carbocycles. The molecule has 1 saturated heterocycles. The summed E-state index contributed by atoms with van der Waals surface area (Å²) in [5.74, 6) is -0.0523. The van der Waals surface area contributed by atoms with Gasteiger partial charge in [-0.2, -0.15) is 0 Å². The predicted molar refractivity (Wildman–Crippen MR) is 104 cm³/mol. The third kappa shape index (κ3) is 4.56. The molecule has 2 aromatic rings. The zero-order valence-corrected chi connectivity index (χ0v) is 15.4. The molecule has 140 valence electrons. The van der Waals surface area contributed by atoms with Crippen LogP contribution in [-0.4, -0.2) is 59.3 Å². The Morgan fingerprint density at radius 2 is 1.96 bits per heavy atom. The largest absolute Gasteiger partial charge is 0.397 e. The molecule has 3 rings (SSSR count). The minimum absolute atomic E-state index is 0.0523. The van der Waals surface area contributed by atoms with E-state index in [-0.39, 0.29) is 5.91 Å². The van der Waals surface area contributed by atoms with Gasteiger partial charge in [-0.15, -0.1) is 0 Å². The number of aromatic nitrogens is 2. The number of carbonyl (C=O) groups excluding carboxylic acids is 1. The second-order valence-corrected chi connectivity index (χ2v) is 6.62. The SMILES string of the molecule is Cn1cc(N)cc1/C=C/c1cc(C(=O)NCCN2CCOCC2)n(C)c1. The Hall–Kier alpha value is -2.51. The predicted octanol–water partition coefficient (Wildman–Crippen LogP) is 1.18. The number of rotatable bonds is 6. The van der Waals surface area contributed by atoms with Crippen molar-refractivity contribution in [2.75, 3.05) is 45.1 Å². The summed E-state index contributed by atoms with van der Waals surface area (Å²) in [7, 11) is 3.84. The first kappa shape index (κ1) is 18.3. The highest BCUT2D eigenvalue weighted by molar-refractivity contribution is 5.93. The molecular weight excluding hydrogens is 330 g/mol. The van der Waals surface area contributed by atoms with Gasteiger partial charge in [0.05, 0.1) is 13.2 Å². The van der Waals surface area contributed by atoms with E-state index < -0.39 is 0 Å². The van der Waals surface area contributed by atoms with Crippen LogP contribution >= 0.6 is 0 Å². The first-order chi connectivity index (χ1) is 12.5. The molecule has 1 fully saturated rings. The highest BCUT2D eigenvalue weighted by Crippen LogP contribution is 2.14. The second kappa shape index (κ2) is 8.25. The molecule has 0 radical (unpaired) electrons. The number of nitrogens with one attached hydrogen (secondary N) is 1. The number of nitrogens with zero attached hydrogens (tertiary/aromatic N) is 3. The highest BCUT2D eigenvalue weighted by atomic mass is 16.5. The molecule has 0 spiro atoms. The monoisotopic (exact) mass is 357 g/mol. The lowest BCUT2D eigenvalue weighted by Crippen LogP contribution is -2.41. The summed E-state index contributed by atoms with van der Waals surface area (Å²) in [6, 6.07) is 3.81. The number of morpholine rings is 1. The number of ether oxygens (including phenoxy) is 1. The average molecular weight is 357 g/mol. The number of aryl methyl sites for hydroxylation is 2. The third-order valence-corrected chi connectivity index (χ3v) is 4.59. The maximum atomic E-state index is 12.4. The van der Waals surface area contributed by atoms with E-state index >= 15 is 0 Å². The van der Waals surface area contributed by atoms with Crippen LogP contribution < -0.4 is 11.1 Å². The maximum Gasteiger partial charge on any atom is 0.267 e. The smallest absolute Gasteiger partial charge is 0.267 e. The van der Waals surface area contributed by atoms with E-state index in [0.29, 0.717) is 12.2 Å². The lowest BCUT2D eigenvalue weighted by atomic mass is 10.2. The van der Waals surface area contributed by atoms with E-state index in [4.69, 9.17) is 10.5 Å². The Morgan fingerprint density at radius 3 is 2.65 bits per heavy atom. The molecule has 1 amide bonds. The first-order valence-corrected chi connectivity index (χ1v) is 8.87. The van der Waals surface area contributed by atoms with Gasteiger partial charge in [-0.05, 0) is 23.8 Å². The Balaban J connectivity index is 1.56. The van der Waals surface area contributed by atoms with E-state index in [1.54, 1.807) is 0 Å². The van der Waals surface area contributed by atoms with Gasteiger partial charge in [0.15, 0.2) is 0 Å². The summed E-state index contributed by atoms with van der Waals surface area (Å²) in [5, 5.41) is 3.00. The summed E-state index contributed by atoms with van der Waals surface area (Å²) in [5.41, 5.74) is 9.18. The van der Waals surface area contributed by atoms with Crippen molar-refractivity contribution < 1.29 is 9.53 Å². The molecule has 0 bridgehead atoms. The van der Waals surface area contributed by atoms with Crippen molar-refractivity contribution in [3.63, 3.8) is 0 Å². The van der Waals surface area contributed by atoms with Crippen molar-refractivity contribution in [2.24, 2.45) is 14.1 Å². The van der Waals surface area contributed by atoms with Gasteiger partial charge in [0.25, 0.3) is 5.91 Å². The van der Waals surface area contributed by atoms with E-state index in [1.807, 2.05) is 59.9 Å². The maximum absolute atomic E-state index is 12.4. The lowest BCUT2D eigenvalue weighted by Gasteiger charge is -2.26. The molecule has 26 heavy (non-hydrogen) atoms. The molecule has 0 aliphatic carbocycles. The number of nitrogen functional groups attached to an aromatic ring is 1. The Morgan fingerprint density at radius 1 is 1.19 bits per heavy atom. The van der Waals surface area contributed by atoms with Crippen molar-refractivity contribution in [3.05, 3.63) is 41.5 Å². The van der Waals surface area contributed by atoms with Crippen molar-refractivity contribution in [1.29, 1.82) is 0 Å². The topological polar surface area (TPSA) is 77.4 Å². The number of nitrogens with two attached hydrogens (primary N) is 1. The van der Waals surface area contributed by atoms with Crippen LogP contribution in [0.2, 0.25) is 0 Å². The van der Waals surface area contributed by atoms with Crippen LogP contribution in [0.1, 0.15) is 21.7 Å². The molecule has 1 aliphatic rings. The van der Waals surface area contributed by atoms with Crippen molar-refractivity contribution in [1.82, 2.24) is 19.4 Å². The first-order valence-electron chi connectivity index (χ1n) is 8.87. The summed E-state index contributed by atoms with van der Waals surface area (Å²) >= 11 is 0. The minimum atomic E-state index is -0.0523. The minimum Gasteiger partial charge on any atom is -0.397 e. The van der Waals surface area contributed by atoms with E-state index in [9.17, 15) is 4.79 Å². The van der Waals surface area contributed by atoms with Gasteiger partial charge >= 0.3 is 0 Å². The Labute approximate surface area is 154 Å². The zero-order chi connectivity index (χ0) is 18.5. The van der Waals surface area contributed by atoms with Crippen molar-refractivity contribution >= 4 is 23.7 Å². The summed E-state index contributed by atoms with van der Waals surface area (Å²) in [4.78, 5) is 14.7. The number of hydrogen-bond donors (Lipinski definition) is 2. The van der Waals surface area contributed by atoms with Crippen molar-refractivity contribution in [2.45, 2.75) is 0 Å². The quantitative estimate of drug-likeness (QED) is 0.814. The number of hydrogen-bond acceptors (Lipinski definition) is 4. The Bertz CT molecular complexity index is 784. The van der Waals surface area contributed by atoms with Crippen LogP contribution in [0.5, 0.6) is 0 Å². The molecule has 1 aliphatic heterocycles. The fraction of sp³-hybridized carbons (Fsp3) is 0.421. The van der Waals surface area contributed by atoms with Crippen LogP contribution in [0, 0.1) is 0 Å². The molecule has 7 heteroatoms. The van der Waals surface area contributed by atoms with Crippen LogP contribution in [0.3, 0.4) is 0 Å². The standard InChI is InChI=1S/C19H27N5O2/c1-22-14-16(20)12-17(22)4-3-15-11-18(23(2)13-15)19(25)21-5-6-24-7-9-26-10-8-24/h3-4,11-14H,5-10,20H2,1-2H3,(H,21,25)/b4-3+. The fourth-order valence-corrected chi connectivity index (χ4v) is 3.11. The highest BCUT2D eigenvalue weighted by Gasteiger charge is 2.13. The van der Waals surface area contributed by atoms with Gasteiger partial charge in [-0.25, -0.2) is 0 Å². The summed E-state index contributed by atoms with van der Waals surface area (Å²) in [6.07, 6.45) is 7.79. The van der Waals surface area contributed by atoms with E-state index in [1.165, 1.54) is 0 Å². The summed E-state index contributed by atoms with van der Waals surface area (Å²) in [6.45, 7) is 4.89. The normalized spacial score (nSPS) is 15.6. The Kier molecular flexibility index (Phi) is 5.80. The van der Waals surface area contributed by atoms with Crippen molar-refractivity contribution in [3.8, 4) is 0 Å². The molecule has 0 atom stereocenters. The van der Waals surface area contributed by atoms with Gasteiger partial charge in [0.1, 0.15) is 5.69 Å². The van der Waals surface area contributed by atoms with Gasteiger partial charge in [-0.1, -0.05) is 6.08 Å². The van der Waals surface area contributed by atoms with Crippen LogP contribution in [0.4, 0.5) is 5.69 Å². The van der Waals surface area contributed by atoms with Gasteiger partial charge in [0.2, 0.25) is 0 Å². The van der Waals surface area contributed by atoms with Crippen LogP contribution in [0.15, 0.2) is 24.5 Å². The van der Waals surface area contributed by atoms with Gasteiger partial charge in [-0.3, -0.25) is 9.69 Å². The lowest BCUT2D eigenvalue weighted by molar-refractivity contribution is 0.0383. The van der Waals surface area contributed by atoms with Gasteiger partial charge in [0, 0.05) is 64.0 Å². The number of carbonyl (C=O) groups is 1. The second-order valence-electron chi connectivity index (χ2n) is 6.62. The molecule has 2 aromatic heterocycles. The van der Waals surface area contributed by atoms with E-state index in [0.717, 1.165) is 49.8 Å². The number of anilines is 1. The molecule has 3 heterocycles. The fourth-order valence-electron chi connectivity index (χ4n) is 3.11. The average Bonchev–Trinajstić information content (AvgIpc) is 3.15.